The maximum atomic E-state index is 13.7. The molecule has 2 aromatic carbocycles. The lowest BCUT2D eigenvalue weighted by Gasteiger charge is -2.41. The number of carbonyl (C=O) groups is 2. The van der Waals surface area contributed by atoms with Crippen LogP contribution in [0, 0.1) is 0 Å². The van der Waals surface area contributed by atoms with Gasteiger partial charge >= 0.3 is 6.03 Å². The Labute approximate surface area is 165 Å². The fraction of sp³-hybridized carbons (Fsp3) is 0.364. The first-order valence-corrected chi connectivity index (χ1v) is 9.74. The van der Waals surface area contributed by atoms with Crippen LogP contribution in [0.4, 0.5) is 21.9 Å². The molecule has 2 aromatic rings. The number of amides is 3. The topological polar surface area (TPSA) is 55.9 Å². The Morgan fingerprint density at radius 3 is 2.54 bits per heavy atom. The number of piperidine rings is 1. The summed E-state index contributed by atoms with van der Waals surface area (Å²) in [5.74, 6) is -0.200. The van der Waals surface area contributed by atoms with Gasteiger partial charge in [-0.05, 0) is 51.1 Å². The van der Waals surface area contributed by atoms with E-state index in [4.69, 9.17) is 0 Å². The van der Waals surface area contributed by atoms with Crippen LogP contribution < -0.4 is 10.2 Å². The summed E-state index contributed by atoms with van der Waals surface area (Å²) in [6.45, 7) is 3.17. The number of nitrogens with one attached hydrogen (secondary N) is 1. The van der Waals surface area contributed by atoms with Crippen LogP contribution in [0.1, 0.15) is 30.1 Å². The van der Waals surface area contributed by atoms with E-state index in [2.05, 4.69) is 24.2 Å². The van der Waals surface area contributed by atoms with E-state index < -0.39 is 0 Å². The van der Waals surface area contributed by atoms with Crippen molar-refractivity contribution in [2.24, 2.45) is 0 Å². The Morgan fingerprint density at radius 2 is 1.79 bits per heavy atom. The van der Waals surface area contributed by atoms with Gasteiger partial charge in [0.2, 0.25) is 0 Å². The second kappa shape index (κ2) is 7.28. The third kappa shape index (κ3) is 3.14. The van der Waals surface area contributed by atoms with Crippen LogP contribution in [0.15, 0.2) is 48.5 Å². The first kappa shape index (κ1) is 18.5. The zero-order valence-electron chi connectivity index (χ0n) is 16.6. The highest BCUT2D eigenvalue weighted by Gasteiger charge is 2.34. The minimum atomic E-state index is -0.200. The summed E-state index contributed by atoms with van der Waals surface area (Å²) >= 11 is 0. The van der Waals surface area contributed by atoms with Crippen molar-refractivity contribution in [2.75, 3.05) is 30.9 Å². The fourth-order valence-corrected chi connectivity index (χ4v) is 4.09. The smallest absolute Gasteiger partial charge is 0.324 e. The lowest BCUT2D eigenvalue weighted by molar-refractivity contribution is 0.102. The molecule has 1 fully saturated rings. The average molecular weight is 378 g/mol. The summed E-state index contributed by atoms with van der Waals surface area (Å²) in [5.41, 5.74) is 2.45. The van der Waals surface area contributed by atoms with Crippen LogP contribution in [0.3, 0.4) is 0 Å². The SMILES string of the molecule is C[C@@H]1C[C@@H](N(C)C(=O)N2c3ccccc3NC(=O)c3ccccc32)CCN1C. The van der Waals surface area contributed by atoms with Gasteiger partial charge in [-0.25, -0.2) is 4.79 Å². The number of anilines is 3. The van der Waals surface area contributed by atoms with Crippen molar-refractivity contribution >= 4 is 29.0 Å². The quantitative estimate of drug-likeness (QED) is 0.818. The number of benzene rings is 2. The number of likely N-dealkylation sites (tertiary alicyclic amines) is 1. The first-order chi connectivity index (χ1) is 13.5. The number of hydrogen-bond donors (Lipinski definition) is 1. The summed E-state index contributed by atoms with van der Waals surface area (Å²) in [5, 5.41) is 2.94. The summed E-state index contributed by atoms with van der Waals surface area (Å²) in [6.07, 6.45) is 1.88. The molecule has 1 saturated heterocycles. The van der Waals surface area contributed by atoms with Crippen LogP contribution in [0.25, 0.3) is 0 Å². The molecule has 0 aliphatic carbocycles. The van der Waals surface area contributed by atoms with E-state index in [9.17, 15) is 9.59 Å². The Bertz CT molecular complexity index is 913. The van der Waals surface area contributed by atoms with Crippen LogP contribution >= 0.6 is 0 Å². The third-order valence-corrected chi connectivity index (χ3v) is 6.00. The average Bonchev–Trinajstić information content (AvgIpc) is 2.83. The van der Waals surface area contributed by atoms with E-state index in [0.717, 1.165) is 19.4 Å². The highest BCUT2D eigenvalue weighted by molar-refractivity contribution is 6.17. The molecule has 0 unspecified atom stereocenters. The zero-order valence-corrected chi connectivity index (χ0v) is 16.6. The molecule has 2 atom stereocenters. The van der Waals surface area contributed by atoms with Crippen LogP contribution in [0.2, 0.25) is 0 Å². The van der Waals surface area contributed by atoms with Gasteiger partial charge < -0.3 is 15.1 Å². The molecule has 0 bridgehead atoms. The molecular formula is C22H26N4O2. The predicted octanol–water partition coefficient (Wildman–Crippen LogP) is 3.92. The van der Waals surface area contributed by atoms with E-state index in [-0.39, 0.29) is 18.0 Å². The molecule has 0 radical (unpaired) electrons. The molecule has 0 aromatic heterocycles. The number of urea groups is 1. The maximum Gasteiger partial charge on any atom is 0.329 e. The minimum Gasteiger partial charge on any atom is -0.324 e. The van der Waals surface area contributed by atoms with Gasteiger partial charge in [0.1, 0.15) is 0 Å². The Balaban J connectivity index is 1.75. The van der Waals surface area contributed by atoms with Crippen molar-refractivity contribution in [2.45, 2.75) is 31.8 Å². The summed E-state index contributed by atoms with van der Waals surface area (Å²) in [6, 6.07) is 15.2. The van der Waals surface area contributed by atoms with Gasteiger partial charge in [-0.1, -0.05) is 24.3 Å². The van der Waals surface area contributed by atoms with Gasteiger partial charge in [-0.3, -0.25) is 9.69 Å². The van der Waals surface area contributed by atoms with Crippen molar-refractivity contribution in [1.82, 2.24) is 9.80 Å². The van der Waals surface area contributed by atoms with E-state index in [1.165, 1.54) is 0 Å². The summed E-state index contributed by atoms with van der Waals surface area (Å²) in [7, 11) is 4.00. The van der Waals surface area contributed by atoms with Crippen LogP contribution in [-0.4, -0.2) is 54.5 Å². The molecule has 0 saturated carbocycles. The molecule has 1 N–H and O–H groups in total. The van der Waals surface area contributed by atoms with E-state index in [1.54, 1.807) is 11.0 Å². The predicted molar refractivity (Wildman–Crippen MR) is 111 cm³/mol. The zero-order chi connectivity index (χ0) is 19.8. The number of carbonyl (C=O) groups excluding carboxylic acids is 2. The molecular weight excluding hydrogens is 352 g/mol. The van der Waals surface area contributed by atoms with Gasteiger partial charge in [0.15, 0.2) is 0 Å². The van der Waals surface area contributed by atoms with E-state index in [0.29, 0.717) is 28.7 Å². The Kier molecular flexibility index (Phi) is 4.81. The van der Waals surface area contributed by atoms with Crippen molar-refractivity contribution in [3.63, 3.8) is 0 Å². The number of fused-ring (bicyclic) bond motifs is 2. The number of nitrogens with zero attached hydrogens (tertiary/aromatic N) is 3. The molecule has 2 heterocycles. The summed E-state index contributed by atoms with van der Waals surface area (Å²) < 4.78 is 0. The molecule has 0 spiro atoms. The number of hydrogen-bond acceptors (Lipinski definition) is 3. The molecule has 3 amide bonds. The highest BCUT2D eigenvalue weighted by atomic mass is 16.2. The molecule has 4 rings (SSSR count). The van der Waals surface area contributed by atoms with Crippen LogP contribution in [-0.2, 0) is 0 Å². The molecule has 2 aliphatic heterocycles. The normalized spacial score (nSPS) is 22.0. The molecule has 2 aliphatic rings. The second-order valence-corrected chi connectivity index (χ2v) is 7.73. The second-order valence-electron chi connectivity index (χ2n) is 7.73. The van der Waals surface area contributed by atoms with Gasteiger partial charge in [-0.2, -0.15) is 0 Å². The summed E-state index contributed by atoms with van der Waals surface area (Å²) in [4.78, 5) is 32.2. The number of rotatable bonds is 1. The van der Waals surface area contributed by atoms with E-state index >= 15 is 0 Å². The Morgan fingerprint density at radius 1 is 1.11 bits per heavy atom. The minimum absolute atomic E-state index is 0.113. The number of para-hydroxylation sites is 3. The third-order valence-electron chi connectivity index (χ3n) is 6.00. The van der Waals surface area contributed by atoms with Crippen molar-refractivity contribution in [1.29, 1.82) is 0 Å². The van der Waals surface area contributed by atoms with E-state index in [1.807, 2.05) is 54.4 Å². The standard InChI is InChI=1S/C22H26N4O2/c1-15-14-16(12-13-24(15)2)25(3)22(28)26-19-10-6-4-8-17(19)21(27)23-18-9-5-7-11-20(18)26/h4-11,15-16H,12-14H2,1-3H3,(H,23,27)/t15-,16+/m1/s1. The van der Waals surface area contributed by atoms with Crippen LogP contribution in [0.5, 0.6) is 0 Å². The van der Waals surface area contributed by atoms with Crippen molar-refractivity contribution < 1.29 is 9.59 Å². The Hall–Kier alpha value is -2.86. The largest absolute Gasteiger partial charge is 0.329 e. The van der Waals surface area contributed by atoms with Crippen molar-refractivity contribution in [3.8, 4) is 0 Å². The molecule has 6 heteroatoms. The molecule has 28 heavy (non-hydrogen) atoms. The first-order valence-electron chi connectivity index (χ1n) is 9.74. The lowest BCUT2D eigenvalue weighted by Crippen LogP contribution is -2.51. The van der Waals surface area contributed by atoms with Gasteiger partial charge in [0, 0.05) is 25.7 Å². The highest BCUT2D eigenvalue weighted by Crippen LogP contribution is 2.38. The fourth-order valence-electron chi connectivity index (χ4n) is 4.09. The van der Waals surface area contributed by atoms with Gasteiger partial charge in [-0.15, -0.1) is 0 Å². The van der Waals surface area contributed by atoms with Crippen molar-refractivity contribution in [3.05, 3.63) is 54.1 Å². The molecule has 146 valence electrons. The molecule has 6 nitrogen and oxygen atoms in total. The maximum absolute atomic E-state index is 13.7. The lowest BCUT2D eigenvalue weighted by atomic mass is 9.98. The van der Waals surface area contributed by atoms with Gasteiger partial charge in [0.05, 0.1) is 22.6 Å². The monoisotopic (exact) mass is 378 g/mol. The van der Waals surface area contributed by atoms with Gasteiger partial charge in [0.25, 0.3) is 5.91 Å².